The van der Waals surface area contributed by atoms with Crippen molar-refractivity contribution in [2.75, 3.05) is 53.7 Å². The minimum Gasteiger partial charge on any atom is -0.381 e. The number of nitrogens with one attached hydrogen (secondary N) is 2. The predicted octanol–water partition coefficient (Wildman–Crippen LogP) is 1.40. The van der Waals surface area contributed by atoms with Crippen LogP contribution in [0.3, 0.4) is 0 Å². The average Bonchev–Trinajstić information content (AvgIpc) is 2.48. The van der Waals surface area contributed by atoms with Crippen LogP contribution in [0, 0.1) is 0 Å². The van der Waals surface area contributed by atoms with Gasteiger partial charge < -0.3 is 20.3 Å². The fraction of sp³-hybridized carbons (Fsp3) is 0.933. The lowest BCUT2D eigenvalue weighted by Crippen LogP contribution is -2.57. The number of likely N-dealkylation sites (N-methyl/N-ethyl adjacent to an activating group) is 1. The molecule has 0 spiro atoms. The van der Waals surface area contributed by atoms with Crippen LogP contribution < -0.4 is 10.6 Å². The zero-order chi connectivity index (χ0) is 15.9. The first-order chi connectivity index (χ1) is 9.85. The lowest BCUT2D eigenvalue weighted by Gasteiger charge is -2.43. The van der Waals surface area contributed by atoms with E-state index in [-0.39, 0.29) is 10.3 Å². The highest BCUT2D eigenvalue weighted by atomic mass is 32.2. The molecule has 1 aliphatic rings. The first kappa shape index (κ1) is 18.6. The fourth-order valence-corrected chi connectivity index (χ4v) is 2.59. The molecule has 21 heavy (non-hydrogen) atoms. The Bertz CT molecular complexity index is 339. The van der Waals surface area contributed by atoms with Crippen LogP contribution in [-0.4, -0.2) is 74.8 Å². The molecule has 1 fully saturated rings. The number of hydrogen-bond donors (Lipinski definition) is 2. The summed E-state index contributed by atoms with van der Waals surface area (Å²) in [7, 11) is 6.13. The summed E-state index contributed by atoms with van der Waals surface area (Å²) in [6.07, 6.45) is 4.25. The second-order valence-electron chi connectivity index (χ2n) is 6.47. The second-order valence-corrected chi connectivity index (χ2v) is 7.99. The first-order valence-corrected chi connectivity index (χ1v) is 8.82. The molecule has 0 radical (unpaired) electrons. The van der Waals surface area contributed by atoms with Gasteiger partial charge in [0.25, 0.3) is 0 Å². The fourth-order valence-electron chi connectivity index (χ4n) is 2.37. The van der Waals surface area contributed by atoms with Crippen LogP contribution in [0.4, 0.5) is 0 Å². The van der Waals surface area contributed by atoms with E-state index in [1.54, 1.807) is 0 Å². The normalized spacial score (nSPS) is 19.7. The number of aliphatic imine (C=N–C) groups is 1. The topological polar surface area (TPSA) is 48.9 Å². The summed E-state index contributed by atoms with van der Waals surface area (Å²) in [4.78, 5) is 6.66. The predicted molar refractivity (Wildman–Crippen MR) is 93.4 cm³/mol. The third kappa shape index (κ3) is 5.68. The summed E-state index contributed by atoms with van der Waals surface area (Å²) >= 11 is 1.86. The smallest absolute Gasteiger partial charge is 0.191 e. The summed E-state index contributed by atoms with van der Waals surface area (Å²) in [6.45, 7) is 7.93. The van der Waals surface area contributed by atoms with Crippen LogP contribution in [0.15, 0.2) is 4.99 Å². The number of rotatable bonds is 6. The highest BCUT2D eigenvalue weighted by Gasteiger charge is 2.34. The Balaban J connectivity index is 2.53. The average molecular weight is 317 g/mol. The van der Waals surface area contributed by atoms with Crippen molar-refractivity contribution in [3.63, 3.8) is 0 Å². The van der Waals surface area contributed by atoms with Crippen LogP contribution in [-0.2, 0) is 4.74 Å². The molecule has 1 aliphatic heterocycles. The molecule has 0 aromatic carbocycles. The van der Waals surface area contributed by atoms with Gasteiger partial charge in [-0.25, -0.2) is 0 Å². The highest BCUT2D eigenvalue weighted by molar-refractivity contribution is 7.99. The molecule has 0 aromatic rings. The number of hydrogen-bond acceptors (Lipinski definition) is 4. The van der Waals surface area contributed by atoms with E-state index >= 15 is 0 Å². The summed E-state index contributed by atoms with van der Waals surface area (Å²) in [5.41, 5.74) is 0.158. The van der Waals surface area contributed by atoms with Crippen molar-refractivity contribution in [3.05, 3.63) is 0 Å². The Hall–Kier alpha value is -0.460. The SMILES string of the molecule is CN=C(NCC(C)(C)SC)NCC1(N(C)C)CCOCC1. The van der Waals surface area contributed by atoms with E-state index in [0.717, 1.165) is 45.1 Å². The molecule has 6 heteroatoms. The second kappa shape index (κ2) is 8.25. The van der Waals surface area contributed by atoms with E-state index in [2.05, 4.69) is 54.7 Å². The molecule has 124 valence electrons. The van der Waals surface area contributed by atoms with Crippen LogP contribution in [0.2, 0.25) is 0 Å². The zero-order valence-corrected chi connectivity index (χ0v) is 15.3. The Kier molecular flexibility index (Phi) is 7.30. The van der Waals surface area contributed by atoms with E-state index in [4.69, 9.17) is 4.74 Å². The molecular weight excluding hydrogens is 284 g/mol. The van der Waals surface area contributed by atoms with Gasteiger partial charge in [-0.2, -0.15) is 11.8 Å². The molecule has 0 unspecified atom stereocenters. The highest BCUT2D eigenvalue weighted by Crippen LogP contribution is 2.25. The summed E-state index contributed by atoms with van der Waals surface area (Å²) < 4.78 is 5.72. The van der Waals surface area contributed by atoms with Gasteiger partial charge >= 0.3 is 0 Å². The number of ether oxygens (including phenoxy) is 1. The van der Waals surface area contributed by atoms with Crippen molar-refractivity contribution < 1.29 is 4.74 Å². The minimum atomic E-state index is 0.158. The molecule has 1 rings (SSSR count). The van der Waals surface area contributed by atoms with Crippen molar-refractivity contribution in [2.45, 2.75) is 37.0 Å². The van der Waals surface area contributed by atoms with Crippen LogP contribution in [0.5, 0.6) is 0 Å². The molecule has 0 aliphatic carbocycles. The van der Waals surface area contributed by atoms with Gasteiger partial charge in [0.05, 0.1) is 0 Å². The van der Waals surface area contributed by atoms with Gasteiger partial charge in [0.1, 0.15) is 0 Å². The third-order valence-electron chi connectivity index (χ3n) is 4.41. The van der Waals surface area contributed by atoms with E-state index in [1.807, 2.05) is 18.8 Å². The van der Waals surface area contributed by atoms with Gasteiger partial charge in [0, 0.05) is 43.6 Å². The molecule has 1 saturated heterocycles. The summed E-state index contributed by atoms with van der Waals surface area (Å²) in [6, 6.07) is 0. The molecule has 0 aromatic heterocycles. The lowest BCUT2D eigenvalue weighted by molar-refractivity contribution is -0.00501. The minimum absolute atomic E-state index is 0.158. The van der Waals surface area contributed by atoms with Gasteiger partial charge in [-0.15, -0.1) is 0 Å². The molecule has 5 nitrogen and oxygen atoms in total. The van der Waals surface area contributed by atoms with E-state index in [0.29, 0.717) is 0 Å². The third-order valence-corrected chi connectivity index (χ3v) is 5.66. The van der Waals surface area contributed by atoms with Gasteiger partial charge in [0.2, 0.25) is 0 Å². The first-order valence-electron chi connectivity index (χ1n) is 7.60. The van der Waals surface area contributed by atoms with E-state index in [9.17, 15) is 0 Å². The molecule has 0 amide bonds. The maximum atomic E-state index is 5.51. The van der Waals surface area contributed by atoms with Crippen LogP contribution >= 0.6 is 11.8 Å². The molecule has 1 heterocycles. The standard InChI is InChI=1S/C15H32N4OS/c1-14(2,21-6)11-17-13(16-3)18-12-15(19(4)5)7-9-20-10-8-15/h7-12H2,1-6H3,(H2,16,17,18). The van der Waals surface area contributed by atoms with Gasteiger partial charge in [-0.3, -0.25) is 4.99 Å². The van der Waals surface area contributed by atoms with Crippen LogP contribution in [0.1, 0.15) is 26.7 Å². The molecule has 2 N–H and O–H groups in total. The van der Waals surface area contributed by atoms with Gasteiger partial charge in [-0.05, 0) is 47.0 Å². The number of nitrogens with zero attached hydrogens (tertiary/aromatic N) is 2. The Labute approximate surface area is 134 Å². The number of guanidine groups is 1. The maximum Gasteiger partial charge on any atom is 0.191 e. The Morgan fingerprint density at radius 1 is 1.29 bits per heavy atom. The maximum absolute atomic E-state index is 5.51. The zero-order valence-electron chi connectivity index (χ0n) is 14.5. The van der Waals surface area contributed by atoms with Crippen molar-refractivity contribution in [1.29, 1.82) is 0 Å². The van der Waals surface area contributed by atoms with Crippen molar-refractivity contribution >= 4 is 17.7 Å². The summed E-state index contributed by atoms with van der Waals surface area (Å²) in [5.74, 6) is 0.879. The summed E-state index contributed by atoms with van der Waals surface area (Å²) in [5, 5.41) is 6.92. The lowest BCUT2D eigenvalue weighted by atomic mass is 9.88. The largest absolute Gasteiger partial charge is 0.381 e. The monoisotopic (exact) mass is 316 g/mol. The van der Waals surface area contributed by atoms with E-state index in [1.165, 1.54) is 0 Å². The van der Waals surface area contributed by atoms with Crippen LogP contribution in [0.25, 0.3) is 0 Å². The van der Waals surface area contributed by atoms with Crippen molar-refractivity contribution in [3.8, 4) is 0 Å². The molecule has 0 atom stereocenters. The van der Waals surface area contributed by atoms with E-state index < -0.39 is 0 Å². The quantitative estimate of drug-likeness (QED) is 0.573. The van der Waals surface area contributed by atoms with Crippen molar-refractivity contribution in [2.24, 2.45) is 4.99 Å². The van der Waals surface area contributed by atoms with Gasteiger partial charge in [-0.1, -0.05) is 0 Å². The molecular formula is C15H32N4OS. The molecule has 0 bridgehead atoms. The molecule has 0 saturated carbocycles. The van der Waals surface area contributed by atoms with Gasteiger partial charge in [0.15, 0.2) is 5.96 Å². The Morgan fingerprint density at radius 2 is 1.90 bits per heavy atom. The Morgan fingerprint density at radius 3 is 2.38 bits per heavy atom. The van der Waals surface area contributed by atoms with Crippen molar-refractivity contribution in [1.82, 2.24) is 15.5 Å². The number of thioether (sulfide) groups is 1.